The molecule has 6 nitrogen and oxygen atoms in total. The molecule has 2 aromatic rings. The average Bonchev–Trinajstić information content (AvgIpc) is 3.45. The molecule has 3 amide bonds. The summed E-state index contributed by atoms with van der Waals surface area (Å²) < 4.78 is 37.0. The molecule has 0 atom stereocenters. The first-order valence-corrected chi connectivity index (χ1v) is 10.1. The lowest BCUT2D eigenvalue weighted by molar-refractivity contribution is -0.128. The Labute approximate surface area is 182 Å². The Morgan fingerprint density at radius 1 is 1.03 bits per heavy atom. The second kappa shape index (κ2) is 6.50. The first kappa shape index (κ1) is 19.0. The molecule has 30 heavy (non-hydrogen) atoms. The Balaban J connectivity index is 1.63. The fraction of sp³-hybridized carbons (Fsp3) is 0.190. The highest BCUT2D eigenvalue weighted by Crippen LogP contribution is 2.50. The van der Waals surface area contributed by atoms with Crippen LogP contribution in [0.2, 0.25) is 0 Å². The lowest BCUT2D eigenvalue weighted by Crippen LogP contribution is -2.48. The number of carbonyl (C=O) groups excluding carboxylic acids is 3. The second-order valence-corrected chi connectivity index (χ2v) is 7.71. The summed E-state index contributed by atoms with van der Waals surface area (Å²) in [5.74, 6) is -0.507. The number of hydrogen-bond acceptors (Lipinski definition) is 4. The van der Waals surface area contributed by atoms with Gasteiger partial charge in [0.2, 0.25) is 0 Å². The molecule has 2 aromatic carbocycles. The van der Waals surface area contributed by atoms with E-state index in [9.17, 15) is 23.2 Å². The van der Waals surface area contributed by atoms with Gasteiger partial charge in [-0.25, -0.2) is 13.7 Å². The first-order valence-electron chi connectivity index (χ1n) is 8.98. The summed E-state index contributed by atoms with van der Waals surface area (Å²) >= 11 is 1.85. The van der Waals surface area contributed by atoms with Crippen molar-refractivity contribution in [3.8, 4) is 15.6 Å². The highest BCUT2D eigenvalue weighted by atomic mass is 127. The monoisotopic (exact) mass is 520 g/mol. The Morgan fingerprint density at radius 2 is 1.77 bits per heavy atom. The molecule has 1 spiro atoms. The maximum atomic E-state index is 15.0. The standard InChI is InChI=1S/C21H11F2IN2O4/c22-11-2-3-12-13(8-11)19(28)26(18(12)27)15-10-16-17(9-14(15)23)30-21(4-5-21)20(29)25(16)7-1-6-24/h2-3,8-10H,4-5,7H2. The molecule has 2 heterocycles. The van der Waals surface area contributed by atoms with Gasteiger partial charge < -0.3 is 4.74 Å². The van der Waals surface area contributed by atoms with E-state index in [-0.39, 0.29) is 40.7 Å². The number of rotatable bonds is 2. The maximum Gasteiger partial charge on any atom is 0.272 e. The Bertz CT molecular complexity index is 1230. The minimum absolute atomic E-state index is 0.0181. The van der Waals surface area contributed by atoms with E-state index in [0.717, 1.165) is 18.2 Å². The molecule has 1 aliphatic carbocycles. The first-order chi connectivity index (χ1) is 14.4. The fourth-order valence-corrected chi connectivity index (χ4v) is 3.90. The predicted molar refractivity (Wildman–Crippen MR) is 111 cm³/mol. The molecule has 1 saturated carbocycles. The minimum atomic E-state index is -0.999. The van der Waals surface area contributed by atoms with Crippen molar-refractivity contribution in [1.29, 1.82) is 0 Å². The van der Waals surface area contributed by atoms with E-state index in [0.29, 0.717) is 17.7 Å². The molecule has 2 aliphatic heterocycles. The van der Waals surface area contributed by atoms with Gasteiger partial charge in [-0.05, 0) is 28.2 Å². The number of ether oxygens (including phenoxy) is 1. The summed E-state index contributed by atoms with van der Waals surface area (Å²) in [5.41, 5.74) is -1.28. The molecular weight excluding hydrogens is 509 g/mol. The quantitative estimate of drug-likeness (QED) is 0.346. The number of imide groups is 1. The van der Waals surface area contributed by atoms with Crippen molar-refractivity contribution in [2.24, 2.45) is 0 Å². The van der Waals surface area contributed by atoms with E-state index in [1.54, 1.807) is 0 Å². The summed E-state index contributed by atoms with van der Waals surface area (Å²) in [5, 5.41) is 0. The van der Waals surface area contributed by atoms with E-state index >= 15 is 0 Å². The summed E-state index contributed by atoms with van der Waals surface area (Å²) in [6.45, 7) is 0.0539. The summed E-state index contributed by atoms with van der Waals surface area (Å²) in [6.07, 6.45) is 1.04. The van der Waals surface area contributed by atoms with Crippen molar-refractivity contribution in [1.82, 2.24) is 0 Å². The number of carbonyl (C=O) groups is 3. The number of halogens is 3. The van der Waals surface area contributed by atoms with Crippen LogP contribution in [-0.4, -0.2) is 29.9 Å². The summed E-state index contributed by atoms with van der Waals surface area (Å²) in [4.78, 5) is 40.4. The van der Waals surface area contributed by atoms with Crippen molar-refractivity contribution in [3.05, 3.63) is 53.1 Å². The van der Waals surface area contributed by atoms with Crippen LogP contribution >= 0.6 is 22.6 Å². The number of nitrogens with zero attached hydrogens (tertiary/aromatic N) is 2. The van der Waals surface area contributed by atoms with Crippen LogP contribution in [0, 0.1) is 21.5 Å². The third kappa shape index (κ3) is 2.63. The van der Waals surface area contributed by atoms with Gasteiger partial charge in [0.25, 0.3) is 17.7 Å². The highest BCUT2D eigenvalue weighted by molar-refractivity contribution is 14.1. The summed E-state index contributed by atoms with van der Waals surface area (Å²) in [6, 6.07) is 5.48. The normalized spacial score (nSPS) is 18.0. The molecule has 0 unspecified atom stereocenters. The molecule has 0 radical (unpaired) electrons. The van der Waals surface area contributed by atoms with Crippen LogP contribution in [0.25, 0.3) is 0 Å². The Hall–Kier alpha value is -3.00. The fourth-order valence-electron chi connectivity index (χ4n) is 3.73. The van der Waals surface area contributed by atoms with Crippen LogP contribution in [0.1, 0.15) is 33.6 Å². The molecule has 0 aromatic heterocycles. The van der Waals surface area contributed by atoms with Gasteiger partial charge in [-0.15, -0.1) is 0 Å². The van der Waals surface area contributed by atoms with E-state index < -0.39 is 29.0 Å². The van der Waals surface area contributed by atoms with Gasteiger partial charge in [-0.1, -0.05) is 5.92 Å². The van der Waals surface area contributed by atoms with Crippen molar-refractivity contribution in [2.75, 3.05) is 16.3 Å². The molecule has 150 valence electrons. The molecule has 9 heteroatoms. The largest absolute Gasteiger partial charge is 0.475 e. The Morgan fingerprint density at radius 3 is 2.47 bits per heavy atom. The van der Waals surface area contributed by atoms with Gasteiger partial charge >= 0.3 is 0 Å². The number of amides is 3. The number of hydrogen-bond donors (Lipinski definition) is 0. The molecule has 0 N–H and O–H groups in total. The zero-order chi connectivity index (χ0) is 21.2. The van der Waals surface area contributed by atoms with Crippen LogP contribution in [0.4, 0.5) is 20.2 Å². The maximum absolute atomic E-state index is 15.0. The topological polar surface area (TPSA) is 66.9 Å². The smallest absolute Gasteiger partial charge is 0.272 e. The van der Waals surface area contributed by atoms with Crippen molar-refractivity contribution in [2.45, 2.75) is 18.4 Å². The van der Waals surface area contributed by atoms with Crippen molar-refractivity contribution in [3.63, 3.8) is 0 Å². The minimum Gasteiger partial charge on any atom is -0.475 e. The Kier molecular flexibility index (Phi) is 4.12. The van der Waals surface area contributed by atoms with Gasteiger partial charge in [0, 0.05) is 41.5 Å². The van der Waals surface area contributed by atoms with Crippen LogP contribution in [0.15, 0.2) is 30.3 Å². The zero-order valence-electron chi connectivity index (χ0n) is 15.2. The molecule has 0 bridgehead atoms. The lowest BCUT2D eigenvalue weighted by atomic mass is 10.1. The third-order valence-electron chi connectivity index (χ3n) is 5.36. The predicted octanol–water partition coefficient (Wildman–Crippen LogP) is 3.42. The van der Waals surface area contributed by atoms with E-state index in [2.05, 4.69) is 9.85 Å². The molecule has 1 fully saturated rings. The number of fused-ring (bicyclic) bond motifs is 2. The van der Waals surface area contributed by atoms with E-state index in [1.165, 1.54) is 17.0 Å². The third-order valence-corrected chi connectivity index (χ3v) is 5.74. The molecule has 3 aliphatic rings. The van der Waals surface area contributed by atoms with E-state index in [1.807, 2.05) is 22.6 Å². The van der Waals surface area contributed by atoms with Gasteiger partial charge in [-0.3, -0.25) is 19.3 Å². The van der Waals surface area contributed by atoms with Gasteiger partial charge in [-0.2, -0.15) is 0 Å². The SMILES string of the molecule is O=C1c2ccc(F)cc2C(=O)N1c1cc2c(cc1F)OC1(CC1)C(=O)N2CC#CI. The van der Waals surface area contributed by atoms with Crippen molar-refractivity contribution < 1.29 is 27.9 Å². The molecule has 5 rings (SSSR count). The van der Waals surface area contributed by atoms with Crippen LogP contribution in [-0.2, 0) is 4.79 Å². The second-order valence-electron chi connectivity index (χ2n) is 7.17. The number of anilines is 2. The van der Waals surface area contributed by atoms with Crippen LogP contribution in [0.3, 0.4) is 0 Å². The molecular formula is C21H11F2IN2O4. The highest BCUT2D eigenvalue weighted by Gasteiger charge is 2.58. The van der Waals surface area contributed by atoms with Crippen LogP contribution < -0.4 is 14.5 Å². The van der Waals surface area contributed by atoms with Gasteiger partial charge in [0.05, 0.1) is 29.0 Å². The van der Waals surface area contributed by atoms with E-state index in [4.69, 9.17) is 4.74 Å². The zero-order valence-corrected chi connectivity index (χ0v) is 17.3. The van der Waals surface area contributed by atoms with Gasteiger partial charge in [0.1, 0.15) is 11.6 Å². The van der Waals surface area contributed by atoms with Crippen LogP contribution in [0.5, 0.6) is 5.75 Å². The average molecular weight is 520 g/mol. The van der Waals surface area contributed by atoms with Gasteiger partial charge in [0.15, 0.2) is 11.4 Å². The van der Waals surface area contributed by atoms with Crippen molar-refractivity contribution >= 4 is 51.7 Å². The number of benzene rings is 2. The summed E-state index contributed by atoms with van der Waals surface area (Å²) in [7, 11) is 0. The molecule has 0 saturated heterocycles. The lowest BCUT2D eigenvalue weighted by Gasteiger charge is -2.34.